The molecule has 1 fully saturated rings. The molecule has 0 spiro atoms. The van der Waals surface area contributed by atoms with Crippen LogP contribution in [-0.4, -0.2) is 30.2 Å². The van der Waals surface area contributed by atoms with Crippen molar-refractivity contribution < 1.29 is 35.9 Å². The Balaban J connectivity index is 1.61. The third-order valence-electron chi connectivity index (χ3n) is 5.61. The van der Waals surface area contributed by atoms with Crippen LogP contribution in [0.3, 0.4) is 0 Å². The molecule has 3 unspecified atom stereocenters. The summed E-state index contributed by atoms with van der Waals surface area (Å²) in [6.07, 6.45) is -10.9. The van der Waals surface area contributed by atoms with Crippen LogP contribution in [-0.2, 0) is 16.0 Å². The van der Waals surface area contributed by atoms with Gasteiger partial charge in [-0.3, -0.25) is 9.59 Å². The Morgan fingerprint density at radius 1 is 1.00 bits per heavy atom. The molecule has 4 rings (SSSR count). The van der Waals surface area contributed by atoms with Crippen molar-refractivity contribution >= 4 is 23.6 Å². The first-order chi connectivity index (χ1) is 15.4. The molecule has 2 aromatic rings. The summed E-state index contributed by atoms with van der Waals surface area (Å²) in [7, 11) is 0. The molecule has 2 aromatic carbocycles. The lowest BCUT2D eigenvalue weighted by Gasteiger charge is -2.33. The predicted octanol–water partition coefficient (Wildman–Crippen LogP) is 4.92. The Bertz CT molecular complexity index is 1090. The summed E-state index contributed by atoms with van der Waals surface area (Å²) in [6, 6.07) is 8.45. The topological polar surface area (TPSA) is 58.2 Å². The quantitative estimate of drug-likeness (QED) is 0.477. The van der Waals surface area contributed by atoms with Crippen molar-refractivity contribution in [2.45, 2.75) is 53.5 Å². The second-order valence-electron chi connectivity index (χ2n) is 7.98. The van der Waals surface area contributed by atoms with Crippen LogP contribution in [0.25, 0.3) is 0 Å². The van der Waals surface area contributed by atoms with Gasteiger partial charge in [0, 0.05) is 9.79 Å². The van der Waals surface area contributed by atoms with Gasteiger partial charge in [0.2, 0.25) is 11.8 Å². The third kappa shape index (κ3) is 5.13. The van der Waals surface area contributed by atoms with E-state index < -0.39 is 55.0 Å². The molecular formula is C22H18F6N2O2S. The summed E-state index contributed by atoms with van der Waals surface area (Å²) in [4.78, 5) is 26.6. The monoisotopic (exact) mass is 488 g/mol. The number of amides is 2. The van der Waals surface area contributed by atoms with Crippen LogP contribution in [0.5, 0.6) is 0 Å². The fourth-order valence-corrected chi connectivity index (χ4v) is 5.18. The fourth-order valence-electron chi connectivity index (χ4n) is 4.06. The first-order valence-electron chi connectivity index (χ1n) is 10.1. The van der Waals surface area contributed by atoms with Crippen molar-refractivity contribution in [3.63, 3.8) is 0 Å². The van der Waals surface area contributed by atoms with E-state index in [9.17, 15) is 35.9 Å². The van der Waals surface area contributed by atoms with E-state index in [0.717, 1.165) is 4.90 Å². The van der Waals surface area contributed by atoms with Crippen LogP contribution in [0.1, 0.15) is 35.6 Å². The van der Waals surface area contributed by atoms with Gasteiger partial charge in [-0.25, -0.2) is 0 Å². The zero-order valence-corrected chi connectivity index (χ0v) is 17.7. The van der Waals surface area contributed by atoms with Gasteiger partial charge in [-0.2, -0.15) is 26.3 Å². The number of hydrogen-bond acceptors (Lipinski definition) is 3. The second-order valence-corrected chi connectivity index (χ2v) is 9.06. The SMILES string of the molecule is O=C(NC1c2ccccc2Sc2ccc(CC(F)(F)F)cc21)C1CCC(C(F)(F)F)NC1=O. The molecule has 2 heterocycles. The standard InChI is InChI=1S/C22H18F6N2O2S/c23-21(24,25)10-11-5-7-16-14(9-11)18(12-3-1-2-4-15(12)33-16)30-20(32)13-6-8-17(22(26,27)28)29-19(13)31/h1-5,7,9,13,17-18H,6,8,10H2,(H,29,31)(H,30,32). The highest BCUT2D eigenvalue weighted by atomic mass is 32.2. The maximum Gasteiger partial charge on any atom is 0.408 e. The third-order valence-corrected chi connectivity index (χ3v) is 6.80. The Morgan fingerprint density at radius 2 is 1.70 bits per heavy atom. The number of rotatable bonds is 3. The van der Waals surface area contributed by atoms with Gasteiger partial charge < -0.3 is 10.6 Å². The molecule has 0 aromatic heterocycles. The molecule has 33 heavy (non-hydrogen) atoms. The highest BCUT2D eigenvalue weighted by molar-refractivity contribution is 7.99. The zero-order valence-electron chi connectivity index (χ0n) is 16.9. The average molecular weight is 488 g/mol. The number of hydrogen-bond donors (Lipinski definition) is 2. The summed E-state index contributed by atoms with van der Waals surface area (Å²) >= 11 is 1.34. The number of carbonyl (C=O) groups is 2. The van der Waals surface area contributed by atoms with E-state index in [-0.39, 0.29) is 12.0 Å². The van der Waals surface area contributed by atoms with Crippen molar-refractivity contribution in [2.24, 2.45) is 5.92 Å². The minimum absolute atomic E-state index is 0.0175. The first-order valence-corrected chi connectivity index (χ1v) is 10.9. The summed E-state index contributed by atoms with van der Waals surface area (Å²) in [5.74, 6) is -3.12. The van der Waals surface area contributed by atoms with Crippen molar-refractivity contribution in [1.82, 2.24) is 10.6 Å². The van der Waals surface area contributed by atoms with Crippen molar-refractivity contribution in [2.75, 3.05) is 0 Å². The van der Waals surface area contributed by atoms with E-state index >= 15 is 0 Å². The van der Waals surface area contributed by atoms with Gasteiger partial charge in [0.25, 0.3) is 0 Å². The summed E-state index contributed by atoms with van der Waals surface area (Å²) in [5, 5.41) is 4.54. The number of nitrogens with one attached hydrogen (secondary N) is 2. The molecule has 2 amide bonds. The van der Waals surface area contributed by atoms with Crippen LogP contribution in [0, 0.1) is 5.92 Å². The minimum Gasteiger partial charge on any atom is -0.344 e. The highest BCUT2D eigenvalue weighted by Gasteiger charge is 2.46. The summed E-state index contributed by atoms with van der Waals surface area (Å²) < 4.78 is 77.5. The van der Waals surface area contributed by atoms with Crippen LogP contribution < -0.4 is 10.6 Å². The van der Waals surface area contributed by atoms with Gasteiger partial charge in [-0.05, 0) is 41.7 Å². The molecule has 3 atom stereocenters. The van der Waals surface area contributed by atoms with Crippen molar-refractivity contribution in [3.8, 4) is 0 Å². The molecule has 1 saturated heterocycles. The van der Waals surface area contributed by atoms with E-state index in [4.69, 9.17) is 0 Å². The molecule has 2 aliphatic heterocycles. The maximum atomic E-state index is 12.9. The summed E-state index contributed by atoms with van der Waals surface area (Å²) in [5.41, 5.74) is 1.10. The lowest BCUT2D eigenvalue weighted by Crippen LogP contribution is -2.54. The van der Waals surface area contributed by atoms with Gasteiger partial charge in [-0.15, -0.1) is 0 Å². The largest absolute Gasteiger partial charge is 0.408 e. The first kappa shape index (κ1) is 23.5. The molecule has 4 nitrogen and oxygen atoms in total. The Labute approximate surface area is 189 Å². The fraction of sp³-hybridized carbons (Fsp3) is 0.364. The molecule has 2 aliphatic rings. The lowest BCUT2D eigenvalue weighted by molar-refractivity contribution is -0.171. The number of fused-ring (bicyclic) bond motifs is 2. The van der Waals surface area contributed by atoms with Crippen molar-refractivity contribution in [3.05, 3.63) is 59.2 Å². The molecule has 0 bridgehead atoms. The second kappa shape index (κ2) is 8.58. The van der Waals surface area contributed by atoms with E-state index in [1.807, 2.05) is 5.32 Å². The normalized spacial score (nSPS) is 22.7. The molecular weight excluding hydrogens is 470 g/mol. The van der Waals surface area contributed by atoms with Gasteiger partial charge in [0.1, 0.15) is 12.0 Å². The zero-order chi connectivity index (χ0) is 24.0. The average Bonchev–Trinajstić information content (AvgIpc) is 2.72. The molecule has 2 N–H and O–H groups in total. The molecule has 0 saturated carbocycles. The van der Waals surface area contributed by atoms with Crippen molar-refractivity contribution in [1.29, 1.82) is 0 Å². The molecule has 0 aliphatic carbocycles. The maximum absolute atomic E-state index is 12.9. The minimum atomic E-state index is -4.61. The van der Waals surface area contributed by atoms with Crippen LogP contribution >= 0.6 is 11.8 Å². The van der Waals surface area contributed by atoms with Gasteiger partial charge in [-0.1, -0.05) is 42.1 Å². The van der Waals surface area contributed by atoms with Gasteiger partial charge in [0.05, 0.1) is 12.5 Å². The van der Waals surface area contributed by atoms with Gasteiger partial charge >= 0.3 is 12.4 Å². The number of piperidine rings is 1. The van der Waals surface area contributed by atoms with E-state index in [0.29, 0.717) is 16.0 Å². The van der Waals surface area contributed by atoms with Crippen LogP contribution in [0.15, 0.2) is 52.3 Å². The Kier molecular flexibility index (Phi) is 6.10. The van der Waals surface area contributed by atoms with Gasteiger partial charge in [0.15, 0.2) is 0 Å². The lowest BCUT2D eigenvalue weighted by atomic mass is 9.91. The van der Waals surface area contributed by atoms with E-state index in [2.05, 4.69) is 5.32 Å². The number of benzene rings is 2. The summed E-state index contributed by atoms with van der Waals surface area (Å²) in [6.45, 7) is 0. The number of carbonyl (C=O) groups excluding carboxylic acids is 2. The van der Waals surface area contributed by atoms with E-state index in [1.54, 1.807) is 30.3 Å². The molecule has 0 radical (unpaired) electrons. The van der Waals surface area contributed by atoms with E-state index in [1.165, 1.54) is 23.9 Å². The number of alkyl halides is 6. The van der Waals surface area contributed by atoms with Crippen LogP contribution in [0.2, 0.25) is 0 Å². The predicted molar refractivity (Wildman–Crippen MR) is 107 cm³/mol. The van der Waals surface area contributed by atoms with Crippen LogP contribution in [0.4, 0.5) is 26.3 Å². The smallest absolute Gasteiger partial charge is 0.344 e. The molecule has 11 heteroatoms. The molecule has 176 valence electrons. The highest BCUT2D eigenvalue weighted by Crippen LogP contribution is 2.45. The Hall–Kier alpha value is -2.69. The Morgan fingerprint density at radius 3 is 2.36 bits per heavy atom. The number of halogens is 6.